The number of methoxy groups -OCH3 is 1. The molecule has 0 bridgehead atoms. The van der Waals surface area contributed by atoms with E-state index in [4.69, 9.17) is 9.47 Å². The van der Waals surface area contributed by atoms with Crippen LogP contribution >= 0.6 is 0 Å². The molecule has 0 saturated carbocycles. The Hall–Kier alpha value is -1.25. The van der Waals surface area contributed by atoms with E-state index in [9.17, 15) is 4.79 Å². The summed E-state index contributed by atoms with van der Waals surface area (Å²) in [6, 6.07) is 0. The number of esters is 1. The van der Waals surface area contributed by atoms with Crippen molar-refractivity contribution in [1.29, 1.82) is 0 Å². The summed E-state index contributed by atoms with van der Waals surface area (Å²) in [5, 5.41) is 0. The van der Waals surface area contributed by atoms with E-state index in [1.165, 1.54) is 12.7 Å². The van der Waals surface area contributed by atoms with Crippen LogP contribution in [0, 0.1) is 0 Å². The molecule has 0 atom stereocenters. The summed E-state index contributed by atoms with van der Waals surface area (Å²) in [4.78, 5) is 11.5. The molecule has 0 aromatic heterocycles. The van der Waals surface area contributed by atoms with E-state index in [1.807, 2.05) is 6.92 Å². The minimum Gasteiger partial charge on any atom is -0.498 e. The summed E-state index contributed by atoms with van der Waals surface area (Å²) in [6.07, 6.45) is 3.67. The SMILES string of the molecule is COC(=O)C1=C(C)C2=C(CC1)OCCC2. The molecule has 0 spiro atoms. The maximum Gasteiger partial charge on any atom is 0.334 e. The zero-order valence-electron chi connectivity index (χ0n) is 9.26. The Balaban J connectivity index is 2.34. The molecule has 0 aromatic rings. The highest BCUT2D eigenvalue weighted by Crippen LogP contribution is 2.36. The average molecular weight is 208 g/mol. The number of carbonyl (C=O) groups is 1. The van der Waals surface area contributed by atoms with Gasteiger partial charge in [0.25, 0.3) is 0 Å². The predicted octanol–water partition coefficient (Wildman–Crippen LogP) is 2.33. The number of ether oxygens (including phenoxy) is 2. The van der Waals surface area contributed by atoms with Gasteiger partial charge in [0.15, 0.2) is 0 Å². The van der Waals surface area contributed by atoms with E-state index in [1.54, 1.807) is 0 Å². The Morgan fingerprint density at radius 1 is 1.33 bits per heavy atom. The second-order valence-electron chi connectivity index (χ2n) is 3.95. The standard InChI is InChI=1S/C12H16O3/c1-8-9-4-3-7-15-11(9)6-5-10(8)12(13)14-2/h3-7H2,1-2H3. The van der Waals surface area contributed by atoms with Gasteiger partial charge in [-0.15, -0.1) is 0 Å². The smallest absolute Gasteiger partial charge is 0.334 e. The Morgan fingerprint density at radius 3 is 2.87 bits per heavy atom. The third-order valence-electron chi connectivity index (χ3n) is 3.12. The first-order chi connectivity index (χ1) is 7.24. The third-order valence-corrected chi connectivity index (χ3v) is 3.12. The molecule has 3 heteroatoms. The highest BCUT2D eigenvalue weighted by Gasteiger charge is 2.26. The van der Waals surface area contributed by atoms with Crippen LogP contribution in [0.5, 0.6) is 0 Å². The monoisotopic (exact) mass is 208 g/mol. The highest BCUT2D eigenvalue weighted by atomic mass is 16.5. The first kappa shape index (κ1) is 10.3. The van der Waals surface area contributed by atoms with Gasteiger partial charge in [-0.2, -0.15) is 0 Å². The minimum atomic E-state index is -0.190. The molecule has 1 aliphatic heterocycles. The predicted molar refractivity (Wildman–Crippen MR) is 56.2 cm³/mol. The van der Waals surface area contributed by atoms with Crippen LogP contribution in [0.4, 0.5) is 0 Å². The molecule has 0 aromatic carbocycles. The second-order valence-corrected chi connectivity index (χ2v) is 3.95. The van der Waals surface area contributed by atoms with Gasteiger partial charge in [-0.3, -0.25) is 0 Å². The molecule has 0 N–H and O–H groups in total. The van der Waals surface area contributed by atoms with Crippen molar-refractivity contribution in [3.05, 3.63) is 22.5 Å². The molecule has 0 unspecified atom stereocenters. The zero-order chi connectivity index (χ0) is 10.8. The van der Waals surface area contributed by atoms with Crippen molar-refractivity contribution in [2.24, 2.45) is 0 Å². The summed E-state index contributed by atoms with van der Waals surface area (Å²) in [6.45, 7) is 2.81. The van der Waals surface area contributed by atoms with Gasteiger partial charge in [0.05, 0.1) is 19.5 Å². The molecule has 0 amide bonds. The largest absolute Gasteiger partial charge is 0.498 e. The minimum absolute atomic E-state index is 0.190. The molecule has 0 saturated heterocycles. The van der Waals surface area contributed by atoms with Crippen LogP contribution in [0.25, 0.3) is 0 Å². The lowest BCUT2D eigenvalue weighted by Crippen LogP contribution is -2.17. The van der Waals surface area contributed by atoms with Gasteiger partial charge in [0, 0.05) is 12.0 Å². The first-order valence-corrected chi connectivity index (χ1v) is 5.37. The molecule has 0 fully saturated rings. The Kier molecular flexibility index (Phi) is 2.80. The van der Waals surface area contributed by atoms with Gasteiger partial charge < -0.3 is 9.47 Å². The molecule has 1 heterocycles. The van der Waals surface area contributed by atoms with E-state index in [0.717, 1.165) is 49.2 Å². The summed E-state index contributed by atoms with van der Waals surface area (Å²) in [5.74, 6) is 0.899. The Morgan fingerprint density at radius 2 is 2.13 bits per heavy atom. The zero-order valence-corrected chi connectivity index (χ0v) is 9.26. The van der Waals surface area contributed by atoms with Crippen molar-refractivity contribution in [3.63, 3.8) is 0 Å². The third kappa shape index (κ3) is 1.78. The number of rotatable bonds is 1. The van der Waals surface area contributed by atoms with Gasteiger partial charge in [-0.05, 0) is 37.3 Å². The number of allylic oxidation sites excluding steroid dienone is 3. The van der Waals surface area contributed by atoms with Crippen molar-refractivity contribution in [1.82, 2.24) is 0 Å². The summed E-state index contributed by atoms with van der Waals surface area (Å²) >= 11 is 0. The Labute approximate surface area is 89.8 Å². The molecule has 2 aliphatic rings. The molecule has 82 valence electrons. The molecule has 3 nitrogen and oxygen atoms in total. The van der Waals surface area contributed by atoms with Crippen molar-refractivity contribution < 1.29 is 14.3 Å². The van der Waals surface area contributed by atoms with Crippen LogP contribution in [-0.4, -0.2) is 19.7 Å². The highest BCUT2D eigenvalue weighted by molar-refractivity contribution is 5.90. The molecule has 0 radical (unpaired) electrons. The van der Waals surface area contributed by atoms with E-state index in [0.29, 0.717) is 0 Å². The van der Waals surface area contributed by atoms with E-state index < -0.39 is 0 Å². The lowest BCUT2D eigenvalue weighted by Gasteiger charge is -2.27. The molecular weight excluding hydrogens is 192 g/mol. The van der Waals surface area contributed by atoms with Gasteiger partial charge in [-0.1, -0.05) is 0 Å². The normalized spacial score (nSPS) is 20.9. The van der Waals surface area contributed by atoms with E-state index in [2.05, 4.69) is 0 Å². The quantitative estimate of drug-likeness (QED) is 0.620. The van der Waals surface area contributed by atoms with Crippen LogP contribution in [0.15, 0.2) is 22.5 Å². The van der Waals surface area contributed by atoms with Crippen LogP contribution in [-0.2, 0) is 14.3 Å². The maximum absolute atomic E-state index is 11.5. The maximum atomic E-state index is 11.5. The number of hydrogen-bond acceptors (Lipinski definition) is 3. The topological polar surface area (TPSA) is 35.5 Å². The number of carbonyl (C=O) groups excluding carboxylic acids is 1. The van der Waals surface area contributed by atoms with Crippen LogP contribution < -0.4 is 0 Å². The van der Waals surface area contributed by atoms with Crippen molar-refractivity contribution in [2.75, 3.05) is 13.7 Å². The van der Waals surface area contributed by atoms with Crippen LogP contribution in [0.1, 0.15) is 32.6 Å². The Bertz CT molecular complexity index is 350. The number of hydrogen-bond donors (Lipinski definition) is 0. The molecular formula is C12H16O3. The van der Waals surface area contributed by atoms with Gasteiger partial charge in [0.2, 0.25) is 0 Å². The lowest BCUT2D eigenvalue weighted by molar-refractivity contribution is -0.136. The van der Waals surface area contributed by atoms with Crippen LogP contribution in [0.2, 0.25) is 0 Å². The first-order valence-electron chi connectivity index (χ1n) is 5.37. The molecule has 15 heavy (non-hydrogen) atoms. The molecule has 2 rings (SSSR count). The summed E-state index contributed by atoms with van der Waals surface area (Å²) in [7, 11) is 1.43. The lowest BCUT2D eigenvalue weighted by atomic mass is 9.87. The fourth-order valence-corrected chi connectivity index (χ4v) is 2.28. The van der Waals surface area contributed by atoms with Crippen molar-refractivity contribution >= 4 is 5.97 Å². The van der Waals surface area contributed by atoms with Crippen molar-refractivity contribution in [2.45, 2.75) is 32.6 Å². The summed E-state index contributed by atoms with van der Waals surface area (Å²) < 4.78 is 10.4. The van der Waals surface area contributed by atoms with Gasteiger partial charge in [-0.25, -0.2) is 4.79 Å². The van der Waals surface area contributed by atoms with E-state index >= 15 is 0 Å². The van der Waals surface area contributed by atoms with Gasteiger partial charge in [0.1, 0.15) is 0 Å². The van der Waals surface area contributed by atoms with Crippen molar-refractivity contribution in [3.8, 4) is 0 Å². The van der Waals surface area contributed by atoms with E-state index in [-0.39, 0.29) is 5.97 Å². The molecule has 1 aliphatic carbocycles. The van der Waals surface area contributed by atoms with Crippen LogP contribution in [0.3, 0.4) is 0 Å². The average Bonchev–Trinajstić information content (AvgIpc) is 2.29. The fourth-order valence-electron chi connectivity index (χ4n) is 2.28. The fraction of sp³-hybridized carbons (Fsp3) is 0.583. The van der Waals surface area contributed by atoms with Gasteiger partial charge >= 0.3 is 5.97 Å². The summed E-state index contributed by atoms with van der Waals surface area (Å²) in [5.41, 5.74) is 3.12. The second kappa shape index (κ2) is 4.09.